The Kier molecular flexibility index (Phi) is 3.65. The van der Waals surface area contributed by atoms with Crippen LogP contribution in [0.15, 0.2) is 53.0 Å². The molecule has 3 rings (SSSR count). The summed E-state index contributed by atoms with van der Waals surface area (Å²) in [4.78, 5) is 0. The van der Waals surface area contributed by atoms with Crippen molar-refractivity contribution >= 4 is 15.9 Å². The predicted octanol–water partition coefficient (Wildman–Crippen LogP) is 4.58. The molecule has 0 heterocycles. The van der Waals surface area contributed by atoms with Gasteiger partial charge in [-0.05, 0) is 43.7 Å². The molecule has 0 amide bonds. The van der Waals surface area contributed by atoms with Crippen LogP contribution in [-0.4, -0.2) is 7.05 Å². The highest BCUT2D eigenvalue weighted by atomic mass is 79.9. The summed E-state index contributed by atoms with van der Waals surface area (Å²) >= 11 is 3.44. The second-order valence-corrected chi connectivity index (χ2v) is 6.33. The largest absolute Gasteiger partial charge is 0.312 e. The van der Waals surface area contributed by atoms with E-state index >= 15 is 0 Å². The van der Waals surface area contributed by atoms with Crippen molar-refractivity contribution in [1.29, 1.82) is 0 Å². The highest BCUT2D eigenvalue weighted by molar-refractivity contribution is 9.10. The Morgan fingerprint density at radius 3 is 2.45 bits per heavy atom. The zero-order valence-electron chi connectivity index (χ0n) is 11.4. The number of benzene rings is 2. The molecule has 1 nitrogen and oxygen atoms in total. The summed E-state index contributed by atoms with van der Waals surface area (Å²) in [5.74, 6) is -0.144. The van der Waals surface area contributed by atoms with Crippen molar-refractivity contribution in [1.82, 2.24) is 5.32 Å². The summed E-state index contributed by atoms with van der Waals surface area (Å²) in [6.07, 6.45) is 2.18. The van der Waals surface area contributed by atoms with Crippen molar-refractivity contribution in [2.45, 2.75) is 24.3 Å². The minimum absolute atomic E-state index is 0.00222. The first-order valence-corrected chi connectivity index (χ1v) is 7.64. The Labute approximate surface area is 127 Å². The lowest BCUT2D eigenvalue weighted by Crippen LogP contribution is -2.30. The van der Waals surface area contributed by atoms with Gasteiger partial charge in [0.2, 0.25) is 0 Å². The van der Waals surface area contributed by atoms with Crippen molar-refractivity contribution in [3.05, 3.63) is 69.9 Å². The van der Waals surface area contributed by atoms with Gasteiger partial charge in [0, 0.05) is 21.5 Å². The van der Waals surface area contributed by atoms with Crippen molar-refractivity contribution in [3.8, 4) is 0 Å². The monoisotopic (exact) mass is 333 g/mol. The zero-order chi connectivity index (χ0) is 14.2. The number of rotatable bonds is 4. The summed E-state index contributed by atoms with van der Waals surface area (Å²) in [6.45, 7) is 0. The molecule has 0 radical (unpaired) electrons. The number of nitrogens with one attached hydrogen (secondary N) is 1. The van der Waals surface area contributed by atoms with Crippen LogP contribution >= 0.6 is 15.9 Å². The smallest absolute Gasteiger partial charge is 0.128 e. The van der Waals surface area contributed by atoms with E-state index in [0.717, 1.165) is 22.9 Å². The van der Waals surface area contributed by atoms with Crippen LogP contribution in [0.1, 0.15) is 30.0 Å². The molecule has 0 spiro atoms. The molecular formula is C17H17BrFN. The van der Waals surface area contributed by atoms with Crippen LogP contribution in [0.3, 0.4) is 0 Å². The average molecular weight is 334 g/mol. The number of likely N-dealkylation sites (N-methyl/N-ethyl adjacent to an activating group) is 1. The molecule has 1 N–H and O–H groups in total. The molecule has 1 fully saturated rings. The van der Waals surface area contributed by atoms with Gasteiger partial charge in [-0.15, -0.1) is 0 Å². The van der Waals surface area contributed by atoms with Gasteiger partial charge in [0.1, 0.15) is 5.82 Å². The molecule has 2 aromatic rings. The zero-order valence-corrected chi connectivity index (χ0v) is 13.0. The molecule has 1 aliphatic rings. The van der Waals surface area contributed by atoms with Gasteiger partial charge in [-0.1, -0.05) is 46.3 Å². The van der Waals surface area contributed by atoms with Gasteiger partial charge in [0.15, 0.2) is 0 Å². The molecule has 1 aliphatic carbocycles. The number of hydrogen-bond donors (Lipinski definition) is 1. The third-order valence-corrected chi connectivity index (χ3v) is 4.74. The third-order valence-electron chi connectivity index (χ3n) is 4.25. The third kappa shape index (κ3) is 2.29. The topological polar surface area (TPSA) is 12.0 Å². The molecule has 0 saturated heterocycles. The Morgan fingerprint density at radius 2 is 1.85 bits per heavy atom. The fourth-order valence-electron chi connectivity index (χ4n) is 3.11. The fourth-order valence-corrected chi connectivity index (χ4v) is 3.49. The first-order chi connectivity index (χ1) is 9.67. The van der Waals surface area contributed by atoms with E-state index in [4.69, 9.17) is 0 Å². The van der Waals surface area contributed by atoms with Crippen LogP contribution in [0.25, 0.3) is 0 Å². The van der Waals surface area contributed by atoms with Gasteiger partial charge in [-0.3, -0.25) is 0 Å². The summed E-state index contributed by atoms with van der Waals surface area (Å²) in [6, 6.07) is 15.6. The average Bonchev–Trinajstić information content (AvgIpc) is 3.26. The fraction of sp³-hybridized carbons (Fsp3) is 0.294. The molecule has 1 atom stereocenters. The maximum atomic E-state index is 14.2. The van der Waals surface area contributed by atoms with Crippen molar-refractivity contribution in [2.24, 2.45) is 0 Å². The lowest BCUT2D eigenvalue weighted by atomic mass is 9.84. The number of halogens is 2. The Morgan fingerprint density at radius 1 is 1.15 bits per heavy atom. The molecule has 0 aliphatic heterocycles. The lowest BCUT2D eigenvalue weighted by Gasteiger charge is -2.28. The van der Waals surface area contributed by atoms with E-state index in [0.29, 0.717) is 0 Å². The Bertz CT molecular complexity index is 608. The van der Waals surface area contributed by atoms with E-state index in [9.17, 15) is 4.39 Å². The van der Waals surface area contributed by atoms with Crippen LogP contribution in [0.4, 0.5) is 4.39 Å². The van der Waals surface area contributed by atoms with E-state index in [1.54, 1.807) is 6.07 Å². The van der Waals surface area contributed by atoms with Crippen LogP contribution in [0.5, 0.6) is 0 Å². The van der Waals surface area contributed by atoms with E-state index < -0.39 is 0 Å². The van der Waals surface area contributed by atoms with Crippen molar-refractivity contribution < 1.29 is 4.39 Å². The van der Waals surface area contributed by atoms with Gasteiger partial charge in [-0.2, -0.15) is 0 Å². The first kappa shape index (κ1) is 13.8. The molecule has 20 heavy (non-hydrogen) atoms. The first-order valence-electron chi connectivity index (χ1n) is 6.85. The molecular weight excluding hydrogens is 317 g/mol. The highest BCUT2D eigenvalue weighted by Crippen LogP contribution is 2.56. The quantitative estimate of drug-likeness (QED) is 0.863. The standard InChI is InChI=1S/C17H17BrFN/c1-20-16(14-11-13(18)7-8-15(14)19)17(9-10-17)12-5-3-2-4-6-12/h2-8,11,16,20H,9-10H2,1H3. The van der Waals surface area contributed by atoms with Gasteiger partial charge in [-0.25, -0.2) is 4.39 Å². The lowest BCUT2D eigenvalue weighted by molar-refractivity contribution is 0.441. The van der Waals surface area contributed by atoms with Gasteiger partial charge in [0.05, 0.1) is 0 Å². The second kappa shape index (κ2) is 5.30. The Balaban J connectivity index is 2.04. The molecule has 104 valence electrons. The van der Waals surface area contributed by atoms with Crippen molar-refractivity contribution in [2.75, 3.05) is 7.05 Å². The minimum Gasteiger partial charge on any atom is -0.312 e. The summed E-state index contributed by atoms with van der Waals surface area (Å²) in [5.41, 5.74) is 2.06. The maximum absolute atomic E-state index is 14.2. The minimum atomic E-state index is -0.144. The summed E-state index contributed by atoms with van der Waals surface area (Å²) < 4.78 is 15.1. The van der Waals surface area contributed by atoms with Crippen molar-refractivity contribution in [3.63, 3.8) is 0 Å². The van der Waals surface area contributed by atoms with Crippen LogP contribution in [0, 0.1) is 5.82 Å². The second-order valence-electron chi connectivity index (χ2n) is 5.41. The highest BCUT2D eigenvalue weighted by Gasteiger charge is 2.51. The van der Waals surface area contributed by atoms with Gasteiger partial charge in [0.25, 0.3) is 0 Å². The molecule has 0 bridgehead atoms. The predicted molar refractivity (Wildman–Crippen MR) is 83.3 cm³/mol. The van der Waals surface area contributed by atoms with Crippen LogP contribution in [0.2, 0.25) is 0 Å². The number of hydrogen-bond acceptors (Lipinski definition) is 1. The molecule has 0 aromatic heterocycles. The maximum Gasteiger partial charge on any atom is 0.128 e. The SMILES string of the molecule is CNC(c1cc(Br)ccc1F)C1(c2ccccc2)CC1. The van der Waals surface area contributed by atoms with Gasteiger partial charge >= 0.3 is 0 Å². The van der Waals surface area contributed by atoms with Crippen LogP contribution < -0.4 is 5.32 Å². The van der Waals surface area contributed by atoms with Crippen LogP contribution in [-0.2, 0) is 5.41 Å². The summed E-state index contributed by atoms with van der Waals surface area (Å²) in [7, 11) is 1.91. The molecule has 1 unspecified atom stereocenters. The Hall–Kier alpha value is -1.19. The normalized spacial score (nSPS) is 17.8. The summed E-state index contributed by atoms with van der Waals surface area (Å²) in [5, 5.41) is 3.33. The molecule has 3 heteroatoms. The van der Waals surface area contributed by atoms with Gasteiger partial charge < -0.3 is 5.32 Å². The van der Waals surface area contributed by atoms with E-state index in [2.05, 4.69) is 45.5 Å². The van der Waals surface area contributed by atoms with E-state index in [-0.39, 0.29) is 17.3 Å². The van der Waals surface area contributed by atoms with E-state index in [1.165, 1.54) is 11.6 Å². The molecule has 2 aromatic carbocycles. The molecule has 1 saturated carbocycles. The van der Waals surface area contributed by atoms with E-state index in [1.807, 2.05) is 19.2 Å².